The standard InChI is InChI=1S/C20H28O6.C5H8O2/c1-9-5-13-18(24,15(9)22)7-11(8-21)6-12-14-17(3,4)20(14,26)16(23)10(2)19(12,13)25;1-3-4(2)5(6)7/h5-6,10,12-14,16,21,23-26H,7-8H2,1-4H3;3H,1-2H3,(H,6,7)/b;4-3-/t10-,12+,13-,14-,16-,18+,19+,20+;/m1./s1. The van der Waals surface area contributed by atoms with Crippen molar-refractivity contribution in [1.29, 1.82) is 0 Å². The van der Waals surface area contributed by atoms with E-state index in [2.05, 4.69) is 0 Å². The number of hydrogen-bond acceptors (Lipinski definition) is 7. The Morgan fingerprint density at radius 3 is 2.24 bits per heavy atom. The highest BCUT2D eigenvalue weighted by atomic mass is 16.4. The summed E-state index contributed by atoms with van der Waals surface area (Å²) >= 11 is 0. The lowest BCUT2D eigenvalue weighted by atomic mass is 9.59. The van der Waals surface area contributed by atoms with Crippen LogP contribution in [0.2, 0.25) is 0 Å². The highest BCUT2D eigenvalue weighted by Gasteiger charge is 2.84. The van der Waals surface area contributed by atoms with E-state index in [1.54, 1.807) is 45.9 Å². The van der Waals surface area contributed by atoms with E-state index in [1.807, 2.05) is 13.8 Å². The van der Waals surface area contributed by atoms with Gasteiger partial charge < -0.3 is 30.6 Å². The molecule has 0 aromatic heterocycles. The van der Waals surface area contributed by atoms with Gasteiger partial charge in [0.05, 0.1) is 18.3 Å². The molecule has 4 rings (SSSR count). The van der Waals surface area contributed by atoms with Crippen molar-refractivity contribution in [2.24, 2.45) is 29.1 Å². The molecular formula is C25H36O8. The first-order valence-corrected chi connectivity index (χ1v) is 11.3. The normalized spacial score (nSPS) is 45.4. The van der Waals surface area contributed by atoms with Gasteiger partial charge in [-0.1, -0.05) is 39.0 Å². The summed E-state index contributed by atoms with van der Waals surface area (Å²) in [5.74, 6) is -3.98. The van der Waals surface area contributed by atoms with Crippen molar-refractivity contribution in [3.05, 3.63) is 34.9 Å². The Balaban J connectivity index is 0.000000383. The number of rotatable bonds is 2. The molecule has 2 saturated carbocycles. The van der Waals surface area contributed by atoms with Crippen LogP contribution in [0.4, 0.5) is 0 Å². The summed E-state index contributed by atoms with van der Waals surface area (Å²) in [6.07, 6.45) is 3.64. The number of carboxylic acid groups (broad SMARTS) is 1. The van der Waals surface area contributed by atoms with Gasteiger partial charge in [0.25, 0.3) is 0 Å². The molecule has 0 aromatic rings. The second kappa shape index (κ2) is 7.85. The Hall–Kier alpha value is -1.84. The van der Waals surface area contributed by atoms with Crippen molar-refractivity contribution < 1.29 is 40.2 Å². The molecule has 0 radical (unpaired) electrons. The quantitative estimate of drug-likeness (QED) is 0.261. The van der Waals surface area contributed by atoms with Crippen LogP contribution < -0.4 is 0 Å². The maximum absolute atomic E-state index is 12.7. The predicted octanol–water partition coefficient (Wildman–Crippen LogP) is 0.967. The summed E-state index contributed by atoms with van der Waals surface area (Å²) in [6.45, 7) is 9.89. The maximum atomic E-state index is 12.7. The number of aliphatic hydroxyl groups excluding tert-OH is 2. The molecule has 8 heteroatoms. The van der Waals surface area contributed by atoms with Crippen LogP contribution in [0.3, 0.4) is 0 Å². The average Bonchev–Trinajstić information content (AvgIpc) is 3.15. The fourth-order valence-electron chi connectivity index (χ4n) is 6.57. The van der Waals surface area contributed by atoms with E-state index in [9.17, 15) is 35.1 Å². The minimum absolute atomic E-state index is 0.0615. The van der Waals surface area contributed by atoms with E-state index in [0.717, 1.165) is 0 Å². The van der Waals surface area contributed by atoms with Crippen LogP contribution in [0, 0.1) is 29.1 Å². The Morgan fingerprint density at radius 2 is 1.79 bits per heavy atom. The van der Waals surface area contributed by atoms with E-state index in [0.29, 0.717) is 16.7 Å². The summed E-state index contributed by atoms with van der Waals surface area (Å²) in [6, 6.07) is 0. The third-order valence-corrected chi connectivity index (χ3v) is 8.81. The SMILES string of the molecule is C/C=C(/C)C(=O)O.CC1=C[C@H]2[C@]3(O)[C@H](C)[C@@H](O)[C@@]4(O)[C@H]([C@@H]3C=C(CO)C[C@@]2(O)C1=O)C4(C)C. The number of allylic oxidation sites excluding steroid dienone is 1. The van der Waals surface area contributed by atoms with E-state index in [4.69, 9.17) is 5.11 Å². The van der Waals surface area contributed by atoms with E-state index < -0.39 is 63.7 Å². The highest BCUT2D eigenvalue weighted by Crippen LogP contribution is 2.74. The molecule has 0 bridgehead atoms. The van der Waals surface area contributed by atoms with Crippen molar-refractivity contribution in [3.8, 4) is 0 Å². The van der Waals surface area contributed by atoms with Crippen molar-refractivity contribution >= 4 is 11.8 Å². The Morgan fingerprint density at radius 1 is 1.21 bits per heavy atom. The molecule has 8 nitrogen and oxygen atoms in total. The van der Waals surface area contributed by atoms with Gasteiger partial charge in [-0.3, -0.25) is 4.79 Å². The summed E-state index contributed by atoms with van der Waals surface area (Å²) < 4.78 is 0. The molecule has 184 valence electrons. The Labute approximate surface area is 194 Å². The molecule has 0 amide bonds. The van der Waals surface area contributed by atoms with Gasteiger partial charge in [-0.15, -0.1) is 0 Å². The number of carboxylic acids is 1. The van der Waals surface area contributed by atoms with Gasteiger partial charge in [-0.05, 0) is 31.9 Å². The van der Waals surface area contributed by atoms with Crippen molar-refractivity contribution in [2.75, 3.05) is 6.61 Å². The number of carbonyl (C=O) groups is 2. The first-order chi connectivity index (χ1) is 15.1. The van der Waals surface area contributed by atoms with E-state index in [-0.39, 0.29) is 13.0 Å². The van der Waals surface area contributed by atoms with Crippen LogP contribution in [-0.2, 0) is 9.59 Å². The van der Waals surface area contributed by atoms with Crippen molar-refractivity contribution in [1.82, 2.24) is 0 Å². The second-order valence-corrected chi connectivity index (χ2v) is 10.7. The third kappa shape index (κ3) is 3.22. The molecule has 0 heterocycles. The molecule has 0 aliphatic heterocycles. The Bertz CT molecular complexity index is 961. The summed E-state index contributed by atoms with van der Waals surface area (Å²) in [7, 11) is 0. The summed E-state index contributed by atoms with van der Waals surface area (Å²) in [5.41, 5.74) is -4.18. The van der Waals surface area contributed by atoms with Gasteiger partial charge in [0.2, 0.25) is 0 Å². The number of aliphatic carboxylic acids is 1. The molecule has 0 spiro atoms. The molecule has 0 unspecified atom stereocenters. The smallest absolute Gasteiger partial charge is 0.330 e. The molecule has 2 fully saturated rings. The lowest BCUT2D eigenvalue weighted by Crippen LogP contribution is -2.65. The lowest BCUT2D eigenvalue weighted by Gasteiger charge is -2.51. The molecule has 4 aliphatic rings. The molecule has 33 heavy (non-hydrogen) atoms. The van der Waals surface area contributed by atoms with Gasteiger partial charge in [0, 0.05) is 41.1 Å². The predicted molar refractivity (Wildman–Crippen MR) is 120 cm³/mol. The largest absolute Gasteiger partial charge is 0.478 e. The number of fused-ring (bicyclic) bond motifs is 5. The van der Waals surface area contributed by atoms with Crippen LogP contribution in [0.5, 0.6) is 0 Å². The van der Waals surface area contributed by atoms with Gasteiger partial charge in [0.15, 0.2) is 5.78 Å². The van der Waals surface area contributed by atoms with Crippen LogP contribution in [0.15, 0.2) is 34.9 Å². The first-order valence-electron chi connectivity index (χ1n) is 11.3. The summed E-state index contributed by atoms with van der Waals surface area (Å²) in [4.78, 5) is 22.6. The molecule has 4 aliphatic carbocycles. The van der Waals surface area contributed by atoms with Gasteiger partial charge in [-0.25, -0.2) is 4.79 Å². The van der Waals surface area contributed by atoms with Crippen molar-refractivity contribution in [3.63, 3.8) is 0 Å². The number of carbonyl (C=O) groups excluding carboxylic acids is 1. The fraction of sp³-hybridized carbons (Fsp3) is 0.680. The number of Topliss-reactive ketones (excluding diaryl/α,β-unsaturated/α-hetero) is 1. The van der Waals surface area contributed by atoms with Crippen LogP contribution in [0.25, 0.3) is 0 Å². The van der Waals surface area contributed by atoms with Gasteiger partial charge in [0.1, 0.15) is 11.2 Å². The van der Waals surface area contributed by atoms with Crippen molar-refractivity contribution in [2.45, 2.75) is 70.9 Å². The zero-order valence-electron chi connectivity index (χ0n) is 20.0. The fourth-order valence-corrected chi connectivity index (χ4v) is 6.57. The Kier molecular flexibility index (Phi) is 6.13. The minimum Gasteiger partial charge on any atom is -0.478 e. The van der Waals surface area contributed by atoms with Gasteiger partial charge in [-0.2, -0.15) is 0 Å². The second-order valence-electron chi connectivity index (χ2n) is 10.7. The van der Waals surface area contributed by atoms with E-state index >= 15 is 0 Å². The number of aliphatic hydroxyl groups is 5. The van der Waals surface area contributed by atoms with Crippen LogP contribution in [0.1, 0.15) is 48.0 Å². The third-order valence-electron chi connectivity index (χ3n) is 8.81. The first kappa shape index (κ1) is 25.8. The zero-order valence-corrected chi connectivity index (χ0v) is 20.0. The maximum Gasteiger partial charge on any atom is 0.330 e. The average molecular weight is 465 g/mol. The highest BCUT2D eigenvalue weighted by molar-refractivity contribution is 6.04. The van der Waals surface area contributed by atoms with Gasteiger partial charge >= 0.3 is 5.97 Å². The van der Waals surface area contributed by atoms with Crippen LogP contribution >= 0.6 is 0 Å². The topological polar surface area (TPSA) is 156 Å². The van der Waals surface area contributed by atoms with E-state index in [1.165, 1.54) is 0 Å². The summed E-state index contributed by atoms with van der Waals surface area (Å²) in [5, 5.41) is 63.1. The molecular weight excluding hydrogens is 428 g/mol. The minimum atomic E-state index is -1.84. The molecule has 8 atom stereocenters. The zero-order chi connectivity index (χ0) is 25.3. The number of hydrogen-bond donors (Lipinski definition) is 6. The molecule has 0 aromatic carbocycles. The number of ketones is 1. The monoisotopic (exact) mass is 464 g/mol. The molecule has 0 saturated heterocycles. The lowest BCUT2D eigenvalue weighted by molar-refractivity contribution is -0.209. The van der Waals surface area contributed by atoms with Crippen LogP contribution in [-0.4, -0.2) is 71.9 Å². The molecule has 6 N–H and O–H groups in total.